The van der Waals surface area contributed by atoms with Crippen molar-refractivity contribution in [1.82, 2.24) is 5.32 Å². The Bertz CT molecular complexity index is 352. The van der Waals surface area contributed by atoms with Crippen molar-refractivity contribution in [3.8, 4) is 0 Å². The molecule has 0 bridgehead atoms. The van der Waals surface area contributed by atoms with Crippen LogP contribution in [0.5, 0.6) is 0 Å². The van der Waals surface area contributed by atoms with Gasteiger partial charge in [-0.1, -0.05) is 13.8 Å². The number of carbonyl (C=O) groups excluding carboxylic acids is 3. The highest BCUT2D eigenvalue weighted by Crippen LogP contribution is 2.16. The van der Waals surface area contributed by atoms with E-state index in [0.717, 1.165) is 0 Å². The summed E-state index contributed by atoms with van der Waals surface area (Å²) in [6.45, 7) is 5.87. The van der Waals surface area contributed by atoms with Crippen LogP contribution >= 0.6 is 27.0 Å². The van der Waals surface area contributed by atoms with Crippen molar-refractivity contribution in [2.45, 2.75) is 52.5 Å². The highest BCUT2D eigenvalue weighted by molar-refractivity contribution is 7.59. The number of primary amides is 1. The topological polar surface area (TPSA) is 115 Å². The maximum absolute atomic E-state index is 12.2. The van der Waals surface area contributed by atoms with Gasteiger partial charge in [0.25, 0.3) is 0 Å². The lowest BCUT2D eigenvalue weighted by atomic mass is 9.91. The largest absolute Gasteiger partial charge is 0.368 e. The van der Waals surface area contributed by atoms with Crippen LogP contribution in [0.25, 0.3) is 0 Å². The van der Waals surface area contributed by atoms with Gasteiger partial charge in [-0.25, -0.2) is 0 Å². The van der Waals surface area contributed by atoms with Crippen molar-refractivity contribution in [3.05, 3.63) is 0 Å². The van der Waals surface area contributed by atoms with Gasteiger partial charge in [-0.05, 0) is 38.6 Å². The maximum atomic E-state index is 12.2. The fourth-order valence-corrected chi connectivity index (χ4v) is 2.10. The molecule has 2 atom stereocenters. The lowest BCUT2D eigenvalue weighted by Gasteiger charge is -2.21. The number of nitrogens with two attached hydrogens (primary N) is 2. The molecule has 0 aromatic carbocycles. The fourth-order valence-electron chi connectivity index (χ4n) is 2.10. The van der Waals surface area contributed by atoms with Crippen LogP contribution in [0.3, 0.4) is 0 Å². The molecule has 0 heterocycles. The van der Waals surface area contributed by atoms with Gasteiger partial charge in [-0.3, -0.25) is 9.59 Å². The van der Waals surface area contributed by atoms with E-state index in [9.17, 15) is 14.4 Å². The summed E-state index contributed by atoms with van der Waals surface area (Å²) in [5.41, 5.74) is 10.7. The Morgan fingerprint density at radius 3 is 2.05 bits per heavy atom. The predicted molar refractivity (Wildman–Crippen MR) is 98.4 cm³/mol. The molecule has 2 amide bonds. The Hall–Kier alpha value is -0.730. The molecule has 0 radical (unpaired) electrons. The summed E-state index contributed by atoms with van der Waals surface area (Å²) in [5, 5.41) is 2.64. The molecule has 0 rings (SSSR count). The van der Waals surface area contributed by atoms with Crippen LogP contribution in [0.15, 0.2) is 0 Å². The summed E-state index contributed by atoms with van der Waals surface area (Å²) < 4.78 is 0. The van der Waals surface area contributed by atoms with Crippen molar-refractivity contribution in [3.63, 3.8) is 0 Å². The zero-order valence-electron chi connectivity index (χ0n) is 13.6. The third kappa shape index (κ3) is 11.9. The molecule has 0 aliphatic carbocycles. The average molecular weight is 354 g/mol. The van der Waals surface area contributed by atoms with Crippen LogP contribution in [0.1, 0.15) is 46.5 Å². The molecule has 22 heavy (non-hydrogen) atoms. The molecule has 0 aromatic heterocycles. The van der Waals surface area contributed by atoms with Gasteiger partial charge >= 0.3 is 0 Å². The molecule has 0 saturated heterocycles. The molecular weight excluding hydrogens is 322 g/mol. The van der Waals surface area contributed by atoms with Gasteiger partial charge in [-0.2, -0.15) is 27.0 Å². The Morgan fingerprint density at radius 1 is 1.14 bits per heavy atom. The van der Waals surface area contributed by atoms with Gasteiger partial charge in [0, 0.05) is 12.3 Å². The molecule has 0 aromatic rings. The van der Waals surface area contributed by atoms with Gasteiger partial charge in [0.2, 0.25) is 11.8 Å². The van der Waals surface area contributed by atoms with Crippen LogP contribution in [0.4, 0.5) is 0 Å². The van der Waals surface area contributed by atoms with Gasteiger partial charge < -0.3 is 21.6 Å². The van der Waals surface area contributed by atoms with Crippen molar-refractivity contribution >= 4 is 44.6 Å². The molecule has 0 fully saturated rings. The molecule has 0 aliphatic heterocycles. The van der Waals surface area contributed by atoms with E-state index in [1.807, 2.05) is 13.8 Å². The zero-order chi connectivity index (χ0) is 15.7. The third-order valence-corrected chi connectivity index (χ3v) is 3.02. The molecule has 5 N–H and O–H groups in total. The normalized spacial score (nSPS) is 12.6. The monoisotopic (exact) mass is 353 g/mol. The summed E-state index contributed by atoms with van der Waals surface area (Å²) in [6, 6.07) is -0.715. The number of nitrogens with one attached hydrogen (secondary N) is 1. The fraction of sp³-hybridized carbons (Fsp3) is 0.786. The van der Waals surface area contributed by atoms with Gasteiger partial charge in [0.15, 0.2) is 0 Å². The molecule has 0 spiro atoms. The minimum absolute atomic E-state index is 0. The average Bonchev–Trinajstić information content (AvgIpc) is 2.31. The van der Waals surface area contributed by atoms with Crippen LogP contribution in [0, 0.1) is 11.8 Å². The van der Waals surface area contributed by atoms with E-state index in [0.29, 0.717) is 31.7 Å². The van der Waals surface area contributed by atoms with E-state index in [1.54, 1.807) is 0 Å². The molecule has 0 unspecified atom stereocenters. The number of rotatable bonds is 10. The molecule has 132 valence electrons. The smallest absolute Gasteiger partial charge is 0.240 e. The molecule has 0 aliphatic rings. The van der Waals surface area contributed by atoms with Crippen molar-refractivity contribution in [1.29, 1.82) is 0 Å². The van der Waals surface area contributed by atoms with E-state index in [1.165, 1.54) is 6.92 Å². The van der Waals surface area contributed by atoms with E-state index in [4.69, 9.17) is 11.5 Å². The second-order valence-corrected chi connectivity index (χ2v) is 5.63. The van der Waals surface area contributed by atoms with Gasteiger partial charge in [0.05, 0.1) is 0 Å². The first-order valence-electron chi connectivity index (χ1n) is 7.07. The minimum atomic E-state index is -0.715. The van der Waals surface area contributed by atoms with E-state index in [-0.39, 0.29) is 45.1 Å². The molecule has 6 nitrogen and oxygen atoms in total. The van der Waals surface area contributed by atoms with Crippen LogP contribution in [0.2, 0.25) is 0 Å². The number of hydrogen-bond acceptors (Lipinski definition) is 4. The van der Waals surface area contributed by atoms with E-state index >= 15 is 0 Å². The van der Waals surface area contributed by atoms with Crippen molar-refractivity contribution < 1.29 is 14.4 Å². The summed E-state index contributed by atoms with van der Waals surface area (Å²) in [6.07, 6.45) is 1.82. The predicted octanol–water partition coefficient (Wildman–Crippen LogP) is 0.562. The Kier molecular flexibility index (Phi) is 16.5. The number of Topliss-reactive ketones (excluding diaryl/α,β-unsaturated/α-hetero) is 1. The highest BCUT2D eigenvalue weighted by Gasteiger charge is 2.25. The number of amides is 2. The summed E-state index contributed by atoms with van der Waals surface area (Å²) >= 11 is 0. The second kappa shape index (κ2) is 13.9. The van der Waals surface area contributed by atoms with Crippen molar-refractivity contribution in [2.24, 2.45) is 23.3 Å². The summed E-state index contributed by atoms with van der Waals surface area (Å²) in [4.78, 5) is 34.7. The minimum Gasteiger partial charge on any atom is -0.368 e. The SMILES string of the molecule is CC(=O)C[C@@H](CC(C)C)C(=O)N[C@@H](CCCN)C(N)=O.S.S. The van der Waals surface area contributed by atoms with Gasteiger partial charge in [-0.15, -0.1) is 0 Å². The van der Waals surface area contributed by atoms with Crippen LogP contribution in [-0.2, 0) is 14.4 Å². The van der Waals surface area contributed by atoms with Gasteiger partial charge in [0.1, 0.15) is 11.8 Å². The molecule has 0 saturated carbocycles. The lowest BCUT2D eigenvalue weighted by molar-refractivity contribution is -0.132. The molecular formula is C14H31N3O3S2. The summed E-state index contributed by atoms with van der Waals surface area (Å²) in [5.74, 6) is -1.01. The number of carbonyl (C=O) groups is 3. The van der Waals surface area contributed by atoms with Crippen molar-refractivity contribution in [2.75, 3.05) is 6.54 Å². The third-order valence-electron chi connectivity index (χ3n) is 3.02. The zero-order valence-corrected chi connectivity index (χ0v) is 15.6. The standard InChI is InChI=1S/C14H27N3O3.2H2S/c1-9(2)7-11(8-10(3)18)14(20)17-12(13(16)19)5-4-6-15;;/h9,11-12H,4-8,15H2,1-3H3,(H2,16,19)(H,17,20);2*1H2/t11-,12+;;/m1../s1. The number of ketones is 1. The van der Waals surface area contributed by atoms with E-state index < -0.39 is 17.9 Å². The lowest BCUT2D eigenvalue weighted by Crippen LogP contribution is -2.47. The maximum Gasteiger partial charge on any atom is 0.240 e. The number of hydrogen-bond donors (Lipinski definition) is 3. The Labute approximate surface area is 147 Å². The second-order valence-electron chi connectivity index (χ2n) is 5.63. The Morgan fingerprint density at radius 2 is 1.68 bits per heavy atom. The highest BCUT2D eigenvalue weighted by atomic mass is 32.1. The Balaban J connectivity index is -0.00000180. The summed E-state index contributed by atoms with van der Waals surface area (Å²) in [7, 11) is 0. The first-order valence-corrected chi connectivity index (χ1v) is 7.07. The first-order chi connectivity index (χ1) is 9.27. The van der Waals surface area contributed by atoms with Crippen LogP contribution < -0.4 is 16.8 Å². The van der Waals surface area contributed by atoms with Crippen LogP contribution in [-0.4, -0.2) is 30.2 Å². The first kappa shape index (κ1) is 26.2. The molecule has 8 heteroatoms. The quantitative estimate of drug-likeness (QED) is 0.532. The van der Waals surface area contributed by atoms with E-state index in [2.05, 4.69) is 5.32 Å².